The summed E-state index contributed by atoms with van der Waals surface area (Å²) in [5.41, 5.74) is 1.58. The number of hydrogen-bond donors (Lipinski definition) is 1. The Labute approximate surface area is 106 Å². The minimum Gasteiger partial charge on any atom is -0.310 e. The first-order valence-electron chi connectivity index (χ1n) is 6.04. The Bertz CT molecular complexity index is 487. The number of aromatic nitrogens is 2. The van der Waals surface area contributed by atoms with Crippen molar-refractivity contribution in [3.63, 3.8) is 0 Å². The second kappa shape index (κ2) is 6.21. The van der Waals surface area contributed by atoms with Gasteiger partial charge in [0.25, 0.3) is 0 Å². The van der Waals surface area contributed by atoms with Crippen molar-refractivity contribution < 1.29 is 4.39 Å². The molecule has 0 fully saturated rings. The first-order valence-corrected chi connectivity index (χ1v) is 6.04. The molecule has 2 aromatic rings. The molecule has 2 aromatic heterocycles. The van der Waals surface area contributed by atoms with E-state index in [1.807, 2.05) is 25.1 Å². The van der Waals surface area contributed by atoms with Crippen LogP contribution in [0.5, 0.6) is 0 Å². The van der Waals surface area contributed by atoms with Crippen molar-refractivity contribution in [2.24, 2.45) is 0 Å². The lowest BCUT2D eigenvalue weighted by molar-refractivity contribution is 0.504. The Morgan fingerprint density at radius 3 is 2.83 bits per heavy atom. The van der Waals surface area contributed by atoms with Crippen LogP contribution in [0.15, 0.2) is 42.9 Å². The predicted octanol–water partition coefficient (Wildman–Crippen LogP) is 2.51. The maximum atomic E-state index is 13.7. The number of nitrogens with zero attached hydrogens (tertiary/aromatic N) is 2. The van der Waals surface area contributed by atoms with Gasteiger partial charge in [-0.25, -0.2) is 4.39 Å². The monoisotopic (exact) mass is 245 g/mol. The highest BCUT2D eigenvalue weighted by atomic mass is 19.1. The van der Waals surface area contributed by atoms with E-state index in [-0.39, 0.29) is 11.9 Å². The van der Waals surface area contributed by atoms with Crippen molar-refractivity contribution in [1.29, 1.82) is 0 Å². The van der Waals surface area contributed by atoms with Gasteiger partial charge in [0, 0.05) is 36.1 Å². The highest BCUT2D eigenvalue weighted by Gasteiger charge is 2.15. The summed E-state index contributed by atoms with van der Waals surface area (Å²) in [7, 11) is 0. The van der Waals surface area contributed by atoms with Gasteiger partial charge in [-0.05, 0) is 24.7 Å². The van der Waals surface area contributed by atoms with E-state index in [9.17, 15) is 4.39 Å². The van der Waals surface area contributed by atoms with E-state index in [0.717, 1.165) is 12.2 Å². The predicted molar refractivity (Wildman–Crippen MR) is 68.6 cm³/mol. The van der Waals surface area contributed by atoms with Crippen LogP contribution in [0.4, 0.5) is 4.39 Å². The smallest absolute Gasteiger partial charge is 0.146 e. The van der Waals surface area contributed by atoms with Crippen LogP contribution in [0, 0.1) is 5.82 Å². The molecule has 4 heteroatoms. The molecule has 94 valence electrons. The van der Waals surface area contributed by atoms with Crippen molar-refractivity contribution in [1.82, 2.24) is 15.3 Å². The Hall–Kier alpha value is -1.81. The molecule has 0 spiro atoms. The van der Waals surface area contributed by atoms with E-state index in [1.165, 1.54) is 6.20 Å². The third-order valence-corrected chi connectivity index (χ3v) is 2.77. The fourth-order valence-electron chi connectivity index (χ4n) is 1.94. The highest BCUT2D eigenvalue weighted by molar-refractivity contribution is 5.20. The molecule has 0 aliphatic heterocycles. The van der Waals surface area contributed by atoms with Crippen molar-refractivity contribution >= 4 is 0 Å². The number of hydrogen-bond acceptors (Lipinski definition) is 3. The molecule has 2 heterocycles. The summed E-state index contributed by atoms with van der Waals surface area (Å²) in [5, 5.41) is 3.28. The Morgan fingerprint density at radius 1 is 1.28 bits per heavy atom. The summed E-state index contributed by atoms with van der Waals surface area (Å²) in [6.07, 6.45) is 5.27. The molecule has 2 rings (SSSR count). The second-order valence-electron chi connectivity index (χ2n) is 4.03. The Balaban J connectivity index is 2.21. The molecule has 0 saturated carbocycles. The largest absolute Gasteiger partial charge is 0.310 e. The summed E-state index contributed by atoms with van der Waals surface area (Å²) < 4.78 is 13.7. The number of rotatable bonds is 5. The molecule has 0 saturated heterocycles. The zero-order chi connectivity index (χ0) is 12.8. The number of halogens is 1. The van der Waals surface area contributed by atoms with Gasteiger partial charge in [-0.1, -0.05) is 13.0 Å². The zero-order valence-electron chi connectivity index (χ0n) is 10.3. The minimum atomic E-state index is -0.278. The van der Waals surface area contributed by atoms with Gasteiger partial charge in [0.15, 0.2) is 0 Å². The van der Waals surface area contributed by atoms with Crippen LogP contribution < -0.4 is 5.32 Å². The number of pyridine rings is 2. The molecule has 1 atom stereocenters. The fourth-order valence-corrected chi connectivity index (χ4v) is 1.94. The van der Waals surface area contributed by atoms with Crippen LogP contribution >= 0.6 is 0 Å². The molecule has 0 bridgehead atoms. The molecule has 0 aromatic carbocycles. The molecular formula is C14H16FN3. The van der Waals surface area contributed by atoms with Crippen LogP contribution in [0.2, 0.25) is 0 Å². The van der Waals surface area contributed by atoms with Crippen LogP contribution in [0.1, 0.15) is 24.2 Å². The zero-order valence-corrected chi connectivity index (χ0v) is 10.3. The molecule has 0 radical (unpaired) electrons. The van der Waals surface area contributed by atoms with E-state index >= 15 is 0 Å². The summed E-state index contributed by atoms with van der Waals surface area (Å²) in [5.74, 6) is -0.278. The van der Waals surface area contributed by atoms with Crippen molar-refractivity contribution in [2.75, 3.05) is 6.54 Å². The van der Waals surface area contributed by atoms with Crippen LogP contribution in [0.25, 0.3) is 0 Å². The van der Waals surface area contributed by atoms with E-state index < -0.39 is 0 Å². The second-order valence-corrected chi connectivity index (χ2v) is 4.03. The third kappa shape index (κ3) is 3.11. The van der Waals surface area contributed by atoms with Gasteiger partial charge in [0.2, 0.25) is 0 Å². The molecule has 18 heavy (non-hydrogen) atoms. The maximum absolute atomic E-state index is 13.7. The first-order chi connectivity index (χ1) is 8.81. The van der Waals surface area contributed by atoms with Crippen LogP contribution in [-0.2, 0) is 6.42 Å². The topological polar surface area (TPSA) is 37.8 Å². The average molecular weight is 245 g/mol. The Kier molecular flexibility index (Phi) is 4.36. The van der Waals surface area contributed by atoms with Crippen molar-refractivity contribution in [3.8, 4) is 0 Å². The Morgan fingerprint density at radius 2 is 2.17 bits per heavy atom. The summed E-state index contributed by atoms with van der Waals surface area (Å²) >= 11 is 0. The van der Waals surface area contributed by atoms with Gasteiger partial charge in [-0.3, -0.25) is 9.97 Å². The maximum Gasteiger partial charge on any atom is 0.146 e. The van der Waals surface area contributed by atoms with Crippen molar-refractivity contribution in [2.45, 2.75) is 19.4 Å². The van der Waals surface area contributed by atoms with Gasteiger partial charge < -0.3 is 5.32 Å². The third-order valence-electron chi connectivity index (χ3n) is 2.77. The van der Waals surface area contributed by atoms with Gasteiger partial charge in [-0.15, -0.1) is 0 Å². The molecule has 0 aliphatic rings. The summed E-state index contributed by atoms with van der Waals surface area (Å²) in [6.45, 7) is 2.78. The highest BCUT2D eigenvalue weighted by Crippen LogP contribution is 2.19. The lowest BCUT2D eigenvalue weighted by Crippen LogP contribution is -2.24. The molecule has 1 N–H and O–H groups in total. The molecule has 0 amide bonds. The number of likely N-dealkylation sites (N-methyl/N-ethyl adjacent to an activating group) is 1. The van der Waals surface area contributed by atoms with Gasteiger partial charge in [0.1, 0.15) is 5.82 Å². The van der Waals surface area contributed by atoms with Crippen LogP contribution in [0.3, 0.4) is 0 Å². The van der Waals surface area contributed by atoms with Crippen molar-refractivity contribution in [3.05, 3.63) is 59.9 Å². The van der Waals surface area contributed by atoms with Gasteiger partial charge in [-0.2, -0.15) is 0 Å². The lowest BCUT2D eigenvalue weighted by Gasteiger charge is -2.18. The molecular weight excluding hydrogens is 229 g/mol. The number of nitrogens with one attached hydrogen (secondary N) is 1. The summed E-state index contributed by atoms with van der Waals surface area (Å²) in [6, 6.07) is 7.40. The quantitative estimate of drug-likeness (QED) is 0.879. The SMILES string of the molecule is CCNC(Cc1ccccn1)c1ccncc1F. The molecule has 1 unspecified atom stereocenters. The average Bonchev–Trinajstić information content (AvgIpc) is 2.40. The van der Waals surface area contributed by atoms with E-state index in [4.69, 9.17) is 0 Å². The molecule has 3 nitrogen and oxygen atoms in total. The van der Waals surface area contributed by atoms with Gasteiger partial charge in [0.05, 0.1) is 6.20 Å². The van der Waals surface area contributed by atoms with Gasteiger partial charge >= 0.3 is 0 Å². The lowest BCUT2D eigenvalue weighted by atomic mass is 10.0. The fraction of sp³-hybridized carbons (Fsp3) is 0.286. The first kappa shape index (κ1) is 12.6. The normalized spacial score (nSPS) is 12.3. The van der Waals surface area contributed by atoms with E-state index in [1.54, 1.807) is 18.5 Å². The van der Waals surface area contributed by atoms with E-state index in [0.29, 0.717) is 12.0 Å². The van der Waals surface area contributed by atoms with Crippen LogP contribution in [-0.4, -0.2) is 16.5 Å². The molecule has 0 aliphatic carbocycles. The van der Waals surface area contributed by atoms with E-state index in [2.05, 4.69) is 15.3 Å². The minimum absolute atomic E-state index is 0.0760. The summed E-state index contributed by atoms with van der Waals surface area (Å²) in [4.78, 5) is 8.05. The standard InChI is InChI=1S/C14H16FN3/c1-2-17-14(9-11-5-3-4-7-18-11)12-6-8-16-10-13(12)15/h3-8,10,14,17H,2,9H2,1H3.